The van der Waals surface area contributed by atoms with Gasteiger partial charge in [0, 0.05) is 30.8 Å². The Morgan fingerprint density at radius 1 is 1.00 bits per heavy atom. The molecule has 0 saturated carbocycles. The Kier molecular flexibility index (Phi) is 5.43. The van der Waals surface area contributed by atoms with Crippen molar-refractivity contribution in [3.8, 4) is 11.1 Å². The van der Waals surface area contributed by atoms with Crippen molar-refractivity contribution >= 4 is 17.6 Å². The summed E-state index contributed by atoms with van der Waals surface area (Å²) in [6, 6.07) is 13.2. The zero-order valence-corrected chi connectivity index (χ0v) is 14.4. The molecule has 1 aromatic heterocycles. The molecular weight excluding hydrogens is 359 g/mol. The average molecular weight is 377 g/mol. The van der Waals surface area contributed by atoms with Gasteiger partial charge in [0.1, 0.15) is 5.82 Å². The predicted octanol–water partition coefficient (Wildman–Crippen LogP) is 3.49. The molecule has 2 amide bonds. The van der Waals surface area contributed by atoms with Crippen molar-refractivity contribution in [2.24, 2.45) is 5.92 Å². The molecule has 27 heavy (non-hydrogen) atoms. The number of carbonyl (C=O) groups excluding carboxylic acids is 2. The highest BCUT2D eigenvalue weighted by Gasteiger charge is 2.43. The first-order valence-electron chi connectivity index (χ1n) is 8.53. The van der Waals surface area contributed by atoms with Crippen molar-refractivity contribution in [3.63, 3.8) is 0 Å². The third kappa shape index (κ3) is 4.64. The van der Waals surface area contributed by atoms with Crippen molar-refractivity contribution in [2.45, 2.75) is 19.0 Å². The summed E-state index contributed by atoms with van der Waals surface area (Å²) in [5, 5.41) is 2.69. The quantitative estimate of drug-likeness (QED) is 0.891. The molecule has 2 heterocycles. The van der Waals surface area contributed by atoms with Gasteiger partial charge in [-0.25, -0.2) is 4.98 Å². The summed E-state index contributed by atoms with van der Waals surface area (Å²) in [6.45, 7) is -0.173. The number of alkyl halides is 3. The van der Waals surface area contributed by atoms with Crippen molar-refractivity contribution in [2.75, 3.05) is 18.4 Å². The number of aromatic nitrogens is 1. The summed E-state index contributed by atoms with van der Waals surface area (Å²) < 4.78 is 37.4. The van der Waals surface area contributed by atoms with Gasteiger partial charge in [0.25, 0.3) is 0 Å². The largest absolute Gasteiger partial charge is 0.471 e. The van der Waals surface area contributed by atoms with Gasteiger partial charge in [0.15, 0.2) is 0 Å². The van der Waals surface area contributed by atoms with E-state index in [1.54, 1.807) is 12.3 Å². The second-order valence-corrected chi connectivity index (χ2v) is 6.35. The minimum atomic E-state index is -4.88. The normalized spacial score (nSPS) is 15.4. The summed E-state index contributed by atoms with van der Waals surface area (Å²) in [4.78, 5) is 28.5. The Bertz CT molecular complexity index is 799. The van der Waals surface area contributed by atoms with Crippen LogP contribution >= 0.6 is 0 Å². The van der Waals surface area contributed by atoms with Crippen LogP contribution in [0, 0.1) is 5.92 Å². The van der Waals surface area contributed by atoms with Crippen LogP contribution in [0.25, 0.3) is 11.1 Å². The number of benzene rings is 1. The van der Waals surface area contributed by atoms with E-state index in [9.17, 15) is 22.8 Å². The molecule has 0 bridgehead atoms. The van der Waals surface area contributed by atoms with Crippen molar-refractivity contribution in [1.29, 1.82) is 0 Å². The maximum atomic E-state index is 12.5. The smallest absolute Gasteiger partial charge is 0.335 e. The first-order chi connectivity index (χ1) is 12.8. The minimum absolute atomic E-state index is 0.0865. The molecular formula is C19H18F3N3O2. The molecule has 1 fully saturated rings. The Labute approximate surface area is 154 Å². The standard InChI is InChI=1S/C19H18F3N3O2/c20-19(21,22)18(27)25-10-8-14(9-11-25)17(26)24-16-7-6-15(12-23-16)13-4-2-1-3-5-13/h1-7,12,14H,8-11H2,(H,23,24,26). The highest BCUT2D eigenvalue weighted by Crippen LogP contribution is 2.25. The van der Waals surface area contributed by atoms with E-state index in [4.69, 9.17) is 0 Å². The van der Waals surface area contributed by atoms with Crippen LogP contribution in [0.15, 0.2) is 48.7 Å². The Morgan fingerprint density at radius 3 is 2.22 bits per heavy atom. The lowest BCUT2D eigenvalue weighted by Crippen LogP contribution is -2.46. The van der Waals surface area contributed by atoms with E-state index in [-0.39, 0.29) is 31.8 Å². The first kappa shape index (κ1) is 18.9. The SMILES string of the molecule is O=C(Nc1ccc(-c2ccccc2)cn1)C1CCN(C(=O)C(F)(F)F)CC1. The molecule has 0 unspecified atom stereocenters. The lowest BCUT2D eigenvalue weighted by molar-refractivity contribution is -0.186. The molecule has 3 rings (SSSR count). The molecule has 0 atom stereocenters. The first-order valence-corrected chi connectivity index (χ1v) is 8.53. The van der Waals surface area contributed by atoms with E-state index in [2.05, 4.69) is 10.3 Å². The average Bonchev–Trinajstić information content (AvgIpc) is 2.68. The number of carbonyl (C=O) groups is 2. The molecule has 1 aliphatic heterocycles. The Balaban J connectivity index is 1.55. The highest BCUT2D eigenvalue weighted by molar-refractivity contribution is 5.92. The number of nitrogens with zero attached hydrogens (tertiary/aromatic N) is 2. The van der Waals surface area contributed by atoms with Crippen LogP contribution in [0.3, 0.4) is 0 Å². The minimum Gasteiger partial charge on any atom is -0.335 e. The fraction of sp³-hybridized carbons (Fsp3) is 0.316. The summed E-state index contributed by atoms with van der Waals surface area (Å²) >= 11 is 0. The Hall–Kier alpha value is -2.90. The van der Waals surface area contributed by atoms with E-state index in [0.29, 0.717) is 5.82 Å². The maximum Gasteiger partial charge on any atom is 0.471 e. The summed E-state index contributed by atoms with van der Waals surface area (Å²) in [5.41, 5.74) is 1.91. The molecule has 0 radical (unpaired) electrons. The lowest BCUT2D eigenvalue weighted by atomic mass is 9.96. The molecule has 0 spiro atoms. The van der Waals surface area contributed by atoms with E-state index in [0.717, 1.165) is 16.0 Å². The van der Waals surface area contributed by atoms with Gasteiger partial charge in [0.05, 0.1) is 0 Å². The van der Waals surface area contributed by atoms with Crippen LogP contribution in [-0.4, -0.2) is 41.0 Å². The van der Waals surface area contributed by atoms with Crippen LogP contribution < -0.4 is 5.32 Å². The number of piperidine rings is 1. The van der Waals surface area contributed by atoms with Gasteiger partial charge in [-0.15, -0.1) is 0 Å². The summed E-state index contributed by atoms with van der Waals surface area (Å²) in [7, 11) is 0. The van der Waals surface area contributed by atoms with Crippen molar-refractivity contribution in [3.05, 3.63) is 48.7 Å². The number of halogens is 3. The molecule has 8 heteroatoms. The van der Waals surface area contributed by atoms with E-state index < -0.39 is 18.0 Å². The Morgan fingerprint density at radius 2 is 1.67 bits per heavy atom. The molecule has 5 nitrogen and oxygen atoms in total. The van der Waals surface area contributed by atoms with Crippen LogP contribution in [0.2, 0.25) is 0 Å². The zero-order chi connectivity index (χ0) is 19.4. The number of rotatable bonds is 3. The second-order valence-electron chi connectivity index (χ2n) is 6.35. The number of nitrogens with one attached hydrogen (secondary N) is 1. The second kappa shape index (κ2) is 7.77. The van der Waals surface area contributed by atoms with E-state index >= 15 is 0 Å². The number of pyridine rings is 1. The summed E-state index contributed by atoms with van der Waals surface area (Å²) in [5.74, 6) is -2.21. The van der Waals surface area contributed by atoms with Gasteiger partial charge in [0.2, 0.25) is 5.91 Å². The van der Waals surface area contributed by atoms with Crippen LogP contribution in [0.1, 0.15) is 12.8 Å². The van der Waals surface area contributed by atoms with Crippen LogP contribution in [-0.2, 0) is 9.59 Å². The number of hydrogen-bond donors (Lipinski definition) is 1. The molecule has 2 aromatic rings. The molecule has 142 valence electrons. The fourth-order valence-corrected chi connectivity index (χ4v) is 3.02. The number of anilines is 1. The van der Waals surface area contributed by atoms with E-state index in [1.807, 2.05) is 36.4 Å². The molecule has 1 aromatic carbocycles. The van der Waals surface area contributed by atoms with Crippen LogP contribution in [0.4, 0.5) is 19.0 Å². The maximum absolute atomic E-state index is 12.5. The lowest BCUT2D eigenvalue weighted by Gasteiger charge is -2.31. The van der Waals surface area contributed by atoms with Crippen molar-refractivity contribution < 1.29 is 22.8 Å². The third-order valence-corrected chi connectivity index (χ3v) is 4.52. The number of hydrogen-bond acceptors (Lipinski definition) is 3. The topological polar surface area (TPSA) is 62.3 Å². The zero-order valence-electron chi connectivity index (χ0n) is 14.4. The molecule has 1 saturated heterocycles. The van der Waals surface area contributed by atoms with E-state index in [1.165, 1.54) is 0 Å². The number of likely N-dealkylation sites (tertiary alicyclic amines) is 1. The van der Waals surface area contributed by atoms with Gasteiger partial charge in [-0.2, -0.15) is 13.2 Å². The molecule has 1 N–H and O–H groups in total. The summed E-state index contributed by atoms with van der Waals surface area (Å²) in [6.07, 6.45) is -2.85. The van der Waals surface area contributed by atoms with Gasteiger partial charge in [-0.1, -0.05) is 30.3 Å². The van der Waals surface area contributed by atoms with Gasteiger partial charge in [-0.05, 0) is 30.5 Å². The fourth-order valence-electron chi connectivity index (χ4n) is 3.02. The highest BCUT2D eigenvalue weighted by atomic mass is 19.4. The third-order valence-electron chi connectivity index (χ3n) is 4.52. The van der Waals surface area contributed by atoms with Crippen LogP contribution in [0.5, 0.6) is 0 Å². The van der Waals surface area contributed by atoms with Crippen molar-refractivity contribution in [1.82, 2.24) is 9.88 Å². The van der Waals surface area contributed by atoms with Gasteiger partial charge in [-0.3, -0.25) is 9.59 Å². The molecule has 1 aliphatic rings. The molecule has 0 aliphatic carbocycles. The van der Waals surface area contributed by atoms with Gasteiger partial charge >= 0.3 is 12.1 Å². The van der Waals surface area contributed by atoms with Gasteiger partial charge < -0.3 is 10.2 Å². The monoisotopic (exact) mass is 377 g/mol. The predicted molar refractivity (Wildman–Crippen MR) is 93.7 cm³/mol. The number of amides is 2.